The minimum atomic E-state index is -4.91. The summed E-state index contributed by atoms with van der Waals surface area (Å²) >= 11 is 0. The molecule has 2 N–H and O–H groups in total. The van der Waals surface area contributed by atoms with Gasteiger partial charge in [-0.2, -0.15) is 13.2 Å². The van der Waals surface area contributed by atoms with Gasteiger partial charge >= 0.3 is 11.9 Å². The van der Waals surface area contributed by atoms with E-state index in [4.69, 9.17) is 4.74 Å². The minimum absolute atomic E-state index is 0.0673. The Balaban J connectivity index is 1.98. The van der Waals surface area contributed by atoms with Gasteiger partial charge in [-0.3, -0.25) is 14.3 Å². The van der Waals surface area contributed by atoms with E-state index >= 15 is 0 Å². The third-order valence-electron chi connectivity index (χ3n) is 3.75. The van der Waals surface area contributed by atoms with Crippen LogP contribution in [-0.2, 0) is 10.9 Å². The van der Waals surface area contributed by atoms with Crippen molar-refractivity contribution in [1.29, 1.82) is 0 Å². The molecule has 3 heterocycles. The van der Waals surface area contributed by atoms with Crippen LogP contribution in [0, 0.1) is 0 Å². The van der Waals surface area contributed by atoms with Crippen LogP contribution < -0.4 is 11.2 Å². The zero-order chi connectivity index (χ0) is 17.5. The first-order valence-corrected chi connectivity index (χ1v) is 6.86. The lowest BCUT2D eigenvalue weighted by Crippen LogP contribution is -2.36. The highest BCUT2D eigenvalue weighted by molar-refractivity contribution is 5.09. The highest BCUT2D eigenvalue weighted by atomic mass is 19.4. The maximum Gasteiger partial charge on any atom is 0.423 e. The van der Waals surface area contributed by atoms with E-state index in [1.165, 1.54) is 17.1 Å². The Labute approximate surface area is 131 Å². The number of aliphatic hydroxyl groups excluding tert-OH is 1. The van der Waals surface area contributed by atoms with E-state index in [0.717, 1.165) is 0 Å². The van der Waals surface area contributed by atoms with Gasteiger partial charge in [0, 0.05) is 18.8 Å². The first kappa shape index (κ1) is 16.4. The quantitative estimate of drug-likeness (QED) is 0.786. The van der Waals surface area contributed by atoms with Crippen molar-refractivity contribution in [1.82, 2.24) is 24.5 Å². The van der Waals surface area contributed by atoms with E-state index in [1.54, 1.807) is 4.98 Å². The van der Waals surface area contributed by atoms with Crippen LogP contribution in [0.2, 0.25) is 0 Å². The van der Waals surface area contributed by atoms with Gasteiger partial charge in [0.05, 0.1) is 18.8 Å². The van der Waals surface area contributed by atoms with Crippen molar-refractivity contribution in [2.45, 2.75) is 31.0 Å². The average Bonchev–Trinajstić information content (AvgIpc) is 3.14. The SMILES string of the molecule is O=c1[nH]c(=O)n([C@H]2C[C@H](n3ccnn3)[C@@H](CO)O2)cc1C(F)(F)F. The molecule has 1 fully saturated rings. The van der Waals surface area contributed by atoms with Crippen molar-refractivity contribution >= 4 is 0 Å². The third kappa shape index (κ3) is 2.85. The molecule has 0 spiro atoms. The number of ether oxygens (including phenoxy) is 1. The van der Waals surface area contributed by atoms with E-state index < -0.39 is 48.0 Å². The molecular weight excluding hydrogens is 335 g/mol. The van der Waals surface area contributed by atoms with Crippen molar-refractivity contribution in [2.75, 3.05) is 6.61 Å². The average molecular weight is 347 g/mol. The largest absolute Gasteiger partial charge is 0.423 e. The van der Waals surface area contributed by atoms with Gasteiger partial charge in [-0.05, 0) is 0 Å². The number of nitrogens with zero attached hydrogens (tertiary/aromatic N) is 4. The van der Waals surface area contributed by atoms with Gasteiger partial charge in [-0.1, -0.05) is 5.21 Å². The van der Waals surface area contributed by atoms with Crippen LogP contribution in [0.1, 0.15) is 24.3 Å². The summed E-state index contributed by atoms with van der Waals surface area (Å²) in [6.07, 6.45) is -3.40. The predicted molar refractivity (Wildman–Crippen MR) is 71.0 cm³/mol. The fraction of sp³-hybridized carbons (Fsp3) is 0.500. The second kappa shape index (κ2) is 5.87. The van der Waals surface area contributed by atoms with Gasteiger partial charge in [0.15, 0.2) is 0 Å². The van der Waals surface area contributed by atoms with E-state index in [0.29, 0.717) is 10.8 Å². The molecule has 24 heavy (non-hydrogen) atoms. The molecule has 3 rings (SSSR count). The maximum absolute atomic E-state index is 12.9. The monoisotopic (exact) mass is 347 g/mol. The van der Waals surface area contributed by atoms with Crippen LogP contribution in [0.3, 0.4) is 0 Å². The predicted octanol–water partition coefficient (Wildman–Crippen LogP) is -0.332. The Morgan fingerprint density at radius 3 is 2.75 bits per heavy atom. The summed E-state index contributed by atoms with van der Waals surface area (Å²) in [5, 5.41) is 16.8. The Morgan fingerprint density at radius 2 is 2.17 bits per heavy atom. The molecule has 1 aliphatic heterocycles. The van der Waals surface area contributed by atoms with Crippen LogP contribution in [0.15, 0.2) is 28.2 Å². The van der Waals surface area contributed by atoms with Crippen LogP contribution in [0.5, 0.6) is 0 Å². The molecule has 0 amide bonds. The lowest BCUT2D eigenvalue weighted by Gasteiger charge is -2.16. The highest BCUT2D eigenvalue weighted by Gasteiger charge is 2.40. The lowest BCUT2D eigenvalue weighted by atomic mass is 10.1. The second-order valence-electron chi connectivity index (χ2n) is 5.20. The molecule has 0 radical (unpaired) electrons. The first-order chi connectivity index (χ1) is 11.3. The van der Waals surface area contributed by atoms with Crippen molar-refractivity contribution in [3.05, 3.63) is 45.0 Å². The number of nitrogens with one attached hydrogen (secondary N) is 1. The summed E-state index contributed by atoms with van der Waals surface area (Å²) in [7, 11) is 0. The summed E-state index contributed by atoms with van der Waals surface area (Å²) in [4.78, 5) is 24.8. The Kier molecular flexibility index (Phi) is 4.01. The van der Waals surface area contributed by atoms with Crippen LogP contribution in [0.25, 0.3) is 0 Å². The normalized spacial score (nSPS) is 24.4. The van der Waals surface area contributed by atoms with Crippen molar-refractivity contribution < 1.29 is 23.0 Å². The molecule has 2 aromatic heterocycles. The summed E-state index contributed by atoms with van der Waals surface area (Å²) in [5.41, 5.74) is -4.06. The lowest BCUT2D eigenvalue weighted by molar-refractivity contribution is -0.139. The molecule has 2 aromatic rings. The number of halogens is 3. The number of hydrogen-bond donors (Lipinski definition) is 2. The summed E-state index contributed by atoms with van der Waals surface area (Å²) < 4.78 is 46.1. The smallest absolute Gasteiger partial charge is 0.394 e. The van der Waals surface area contributed by atoms with Crippen molar-refractivity contribution in [3.8, 4) is 0 Å². The van der Waals surface area contributed by atoms with Gasteiger partial charge in [0.25, 0.3) is 5.56 Å². The molecule has 12 heteroatoms. The summed E-state index contributed by atoms with van der Waals surface area (Å²) in [6, 6.07) is -0.518. The molecule has 9 nitrogen and oxygen atoms in total. The Bertz CT molecular complexity index is 828. The van der Waals surface area contributed by atoms with Gasteiger partial charge in [0.2, 0.25) is 0 Å². The zero-order valence-electron chi connectivity index (χ0n) is 12.0. The van der Waals surface area contributed by atoms with E-state index in [2.05, 4.69) is 10.3 Å². The highest BCUT2D eigenvalue weighted by Crippen LogP contribution is 2.36. The molecule has 0 unspecified atom stereocenters. The fourth-order valence-electron chi connectivity index (χ4n) is 2.62. The van der Waals surface area contributed by atoms with Crippen LogP contribution in [-0.4, -0.2) is 42.4 Å². The van der Waals surface area contributed by atoms with E-state index in [1.807, 2.05) is 0 Å². The van der Waals surface area contributed by atoms with E-state index in [-0.39, 0.29) is 6.42 Å². The molecule has 3 atom stereocenters. The number of aliphatic hydroxyl groups is 1. The van der Waals surface area contributed by atoms with Crippen LogP contribution in [0.4, 0.5) is 13.2 Å². The molecular formula is C12H12F3N5O4. The maximum atomic E-state index is 12.9. The number of rotatable bonds is 3. The van der Waals surface area contributed by atoms with Gasteiger partial charge in [0.1, 0.15) is 17.9 Å². The minimum Gasteiger partial charge on any atom is -0.394 e. The topological polar surface area (TPSA) is 115 Å². The number of H-pyrrole nitrogens is 1. The summed E-state index contributed by atoms with van der Waals surface area (Å²) in [6.45, 7) is -0.425. The Hall–Kier alpha value is -2.47. The number of aromatic amines is 1. The van der Waals surface area contributed by atoms with Gasteiger partial charge < -0.3 is 9.84 Å². The molecule has 130 valence electrons. The third-order valence-corrected chi connectivity index (χ3v) is 3.75. The summed E-state index contributed by atoms with van der Waals surface area (Å²) in [5.74, 6) is 0. The van der Waals surface area contributed by atoms with Gasteiger partial charge in [-0.15, -0.1) is 5.10 Å². The fourth-order valence-corrected chi connectivity index (χ4v) is 2.62. The molecule has 1 saturated heterocycles. The van der Waals surface area contributed by atoms with Crippen molar-refractivity contribution in [3.63, 3.8) is 0 Å². The molecule has 0 bridgehead atoms. The van der Waals surface area contributed by atoms with Crippen molar-refractivity contribution in [2.24, 2.45) is 0 Å². The number of alkyl halides is 3. The van der Waals surface area contributed by atoms with E-state index in [9.17, 15) is 27.9 Å². The van der Waals surface area contributed by atoms with Crippen LogP contribution >= 0.6 is 0 Å². The second-order valence-corrected chi connectivity index (χ2v) is 5.20. The number of aromatic nitrogens is 5. The molecule has 0 aromatic carbocycles. The Morgan fingerprint density at radius 1 is 1.42 bits per heavy atom. The first-order valence-electron chi connectivity index (χ1n) is 6.86. The molecule has 1 aliphatic rings. The molecule has 0 aliphatic carbocycles. The number of hydrogen-bond acceptors (Lipinski definition) is 6. The standard InChI is InChI=1S/C12H12F3N5O4/c13-12(14,15)6-4-19(11(23)17-10(6)22)9-3-7(8(5-21)24-9)20-2-1-16-18-20/h1-2,4,7-9,21H,3,5H2,(H,17,22,23)/t7-,8+,9+/m0/s1. The zero-order valence-corrected chi connectivity index (χ0v) is 12.0. The molecule has 0 saturated carbocycles. The van der Waals surface area contributed by atoms with Gasteiger partial charge in [-0.25, -0.2) is 9.48 Å².